The molecule has 2 fully saturated rings. The summed E-state index contributed by atoms with van der Waals surface area (Å²) in [4.78, 5) is 38.0. The van der Waals surface area contributed by atoms with Crippen molar-refractivity contribution in [3.8, 4) is 0 Å². The lowest BCUT2D eigenvalue weighted by atomic mass is 10.1. The van der Waals surface area contributed by atoms with Crippen molar-refractivity contribution in [2.24, 2.45) is 5.92 Å². The minimum atomic E-state index is -0.490. The summed E-state index contributed by atoms with van der Waals surface area (Å²) in [7, 11) is 0. The van der Waals surface area contributed by atoms with Crippen LogP contribution < -0.4 is 0 Å². The van der Waals surface area contributed by atoms with Gasteiger partial charge >= 0.3 is 0 Å². The zero-order chi connectivity index (χ0) is 15.7. The molecule has 7 nitrogen and oxygen atoms in total. The molecule has 1 aliphatic carbocycles. The Morgan fingerprint density at radius 3 is 2.05 bits per heavy atom. The second kappa shape index (κ2) is 5.75. The predicted molar refractivity (Wildman–Crippen MR) is 78.3 cm³/mol. The predicted octanol–water partition coefficient (Wildman–Crippen LogP) is 1.29. The van der Waals surface area contributed by atoms with Gasteiger partial charge in [0, 0.05) is 49.8 Å². The van der Waals surface area contributed by atoms with E-state index in [2.05, 4.69) is 0 Å². The molecule has 1 aromatic carbocycles. The van der Waals surface area contributed by atoms with Gasteiger partial charge in [-0.25, -0.2) is 0 Å². The molecule has 1 saturated heterocycles. The summed E-state index contributed by atoms with van der Waals surface area (Å²) in [6, 6.07) is 5.62. The van der Waals surface area contributed by atoms with Crippen molar-refractivity contribution in [2.75, 3.05) is 26.2 Å². The Kier molecular flexibility index (Phi) is 3.79. The van der Waals surface area contributed by atoms with Crippen molar-refractivity contribution < 1.29 is 14.5 Å². The Balaban J connectivity index is 1.59. The number of hydrogen-bond donors (Lipinski definition) is 0. The van der Waals surface area contributed by atoms with E-state index in [1.54, 1.807) is 4.90 Å². The van der Waals surface area contributed by atoms with E-state index in [0.29, 0.717) is 31.7 Å². The van der Waals surface area contributed by atoms with Gasteiger partial charge in [0.1, 0.15) is 0 Å². The fourth-order valence-corrected chi connectivity index (χ4v) is 2.63. The van der Waals surface area contributed by atoms with Crippen LogP contribution in [0.25, 0.3) is 0 Å². The molecular formula is C15H17N3O4. The van der Waals surface area contributed by atoms with Crippen LogP contribution in [0.2, 0.25) is 0 Å². The summed E-state index contributed by atoms with van der Waals surface area (Å²) in [6.07, 6.45) is 1.97. The molecule has 1 aliphatic heterocycles. The van der Waals surface area contributed by atoms with Crippen molar-refractivity contribution in [1.29, 1.82) is 0 Å². The first-order chi connectivity index (χ1) is 10.6. The number of rotatable bonds is 3. The number of nitrogens with zero attached hydrogens (tertiary/aromatic N) is 3. The van der Waals surface area contributed by atoms with E-state index in [9.17, 15) is 19.7 Å². The van der Waals surface area contributed by atoms with E-state index in [1.807, 2.05) is 4.90 Å². The van der Waals surface area contributed by atoms with Gasteiger partial charge in [-0.05, 0) is 25.0 Å². The fraction of sp³-hybridized carbons (Fsp3) is 0.467. The minimum Gasteiger partial charge on any atom is -0.339 e. The lowest BCUT2D eigenvalue weighted by molar-refractivity contribution is -0.384. The van der Waals surface area contributed by atoms with E-state index < -0.39 is 4.92 Å². The molecule has 2 amide bonds. The maximum atomic E-state index is 12.4. The highest BCUT2D eigenvalue weighted by Crippen LogP contribution is 2.31. The molecule has 3 rings (SSSR count). The van der Waals surface area contributed by atoms with E-state index in [-0.39, 0.29) is 23.4 Å². The quantitative estimate of drug-likeness (QED) is 0.622. The third-order valence-corrected chi connectivity index (χ3v) is 4.13. The highest BCUT2D eigenvalue weighted by atomic mass is 16.6. The number of benzene rings is 1. The summed E-state index contributed by atoms with van der Waals surface area (Å²) in [5.41, 5.74) is 0.406. The van der Waals surface area contributed by atoms with Crippen molar-refractivity contribution in [2.45, 2.75) is 12.8 Å². The Morgan fingerprint density at radius 1 is 1.00 bits per heavy atom. The molecular weight excluding hydrogens is 286 g/mol. The van der Waals surface area contributed by atoms with Crippen LogP contribution in [-0.2, 0) is 4.79 Å². The summed E-state index contributed by atoms with van der Waals surface area (Å²) in [6.45, 7) is 2.14. The van der Waals surface area contributed by atoms with Crippen molar-refractivity contribution in [3.63, 3.8) is 0 Å². The summed E-state index contributed by atoms with van der Waals surface area (Å²) < 4.78 is 0. The fourth-order valence-electron chi connectivity index (χ4n) is 2.63. The highest BCUT2D eigenvalue weighted by molar-refractivity contribution is 5.94. The Bertz CT molecular complexity index is 602. The van der Waals surface area contributed by atoms with Crippen LogP contribution in [0.1, 0.15) is 23.2 Å². The molecule has 1 aromatic rings. The van der Waals surface area contributed by atoms with E-state index in [4.69, 9.17) is 0 Å². The van der Waals surface area contributed by atoms with Crippen LogP contribution in [0.5, 0.6) is 0 Å². The van der Waals surface area contributed by atoms with Crippen molar-refractivity contribution >= 4 is 17.5 Å². The highest BCUT2D eigenvalue weighted by Gasteiger charge is 2.35. The second-order valence-electron chi connectivity index (χ2n) is 5.70. The van der Waals surface area contributed by atoms with Gasteiger partial charge in [-0.3, -0.25) is 19.7 Å². The maximum absolute atomic E-state index is 12.4. The maximum Gasteiger partial charge on any atom is 0.269 e. The SMILES string of the molecule is O=C(c1ccc([N+](=O)[O-])cc1)N1CCN(C(=O)C2CC2)CC1. The summed E-state index contributed by atoms with van der Waals surface area (Å²) in [5, 5.41) is 10.6. The van der Waals surface area contributed by atoms with Crippen LogP contribution in [0.3, 0.4) is 0 Å². The number of carbonyl (C=O) groups is 2. The molecule has 0 unspecified atom stereocenters. The average Bonchev–Trinajstić information content (AvgIpc) is 3.38. The number of nitro benzene ring substituents is 1. The van der Waals surface area contributed by atoms with E-state index >= 15 is 0 Å². The standard InChI is InChI=1S/C15H17N3O4/c19-14(11-1-2-11)16-7-9-17(10-8-16)15(20)12-3-5-13(6-4-12)18(21)22/h3-6,11H,1-2,7-10H2. The zero-order valence-electron chi connectivity index (χ0n) is 12.1. The molecule has 0 radical (unpaired) electrons. The topological polar surface area (TPSA) is 83.8 Å². The van der Waals surface area contributed by atoms with Crippen LogP contribution in [0, 0.1) is 16.0 Å². The third-order valence-electron chi connectivity index (χ3n) is 4.13. The average molecular weight is 303 g/mol. The number of hydrogen-bond acceptors (Lipinski definition) is 4. The van der Waals surface area contributed by atoms with Gasteiger partial charge in [0.15, 0.2) is 0 Å². The van der Waals surface area contributed by atoms with Gasteiger partial charge in [0.25, 0.3) is 11.6 Å². The molecule has 1 saturated carbocycles. The largest absolute Gasteiger partial charge is 0.339 e. The van der Waals surface area contributed by atoms with E-state index in [0.717, 1.165) is 12.8 Å². The monoisotopic (exact) mass is 303 g/mol. The number of amides is 2. The number of nitro groups is 1. The first kappa shape index (κ1) is 14.5. The first-order valence-corrected chi connectivity index (χ1v) is 7.39. The summed E-state index contributed by atoms with van der Waals surface area (Å²) in [5.74, 6) is 0.271. The molecule has 0 N–H and O–H groups in total. The smallest absolute Gasteiger partial charge is 0.269 e. The molecule has 1 heterocycles. The molecule has 0 bridgehead atoms. The van der Waals surface area contributed by atoms with Crippen LogP contribution in [0.15, 0.2) is 24.3 Å². The van der Waals surface area contributed by atoms with Gasteiger partial charge in [0.2, 0.25) is 5.91 Å². The second-order valence-corrected chi connectivity index (χ2v) is 5.70. The van der Waals surface area contributed by atoms with Gasteiger partial charge in [-0.1, -0.05) is 0 Å². The lowest BCUT2D eigenvalue weighted by Gasteiger charge is -2.35. The van der Waals surface area contributed by atoms with Gasteiger partial charge in [-0.2, -0.15) is 0 Å². The van der Waals surface area contributed by atoms with Crippen LogP contribution in [-0.4, -0.2) is 52.7 Å². The lowest BCUT2D eigenvalue weighted by Crippen LogP contribution is -2.51. The van der Waals surface area contributed by atoms with Crippen LogP contribution >= 0.6 is 0 Å². The van der Waals surface area contributed by atoms with Crippen LogP contribution in [0.4, 0.5) is 5.69 Å². The zero-order valence-corrected chi connectivity index (χ0v) is 12.1. The Morgan fingerprint density at radius 2 is 1.55 bits per heavy atom. The van der Waals surface area contributed by atoms with E-state index in [1.165, 1.54) is 24.3 Å². The minimum absolute atomic E-state index is 0.0311. The normalized spacial score (nSPS) is 18.2. The third kappa shape index (κ3) is 2.93. The molecule has 116 valence electrons. The number of non-ortho nitro benzene ring substituents is 1. The number of piperazine rings is 1. The first-order valence-electron chi connectivity index (χ1n) is 7.39. The van der Waals surface area contributed by atoms with Gasteiger partial charge in [-0.15, -0.1) is 0 Å². The molecule has 0 atom stereocenters. The van der Waals surface area contributed by atoms with Gasteiger partial charge < -0.3 is 9.80 Å². The van der Waals surface area contributed by atoms with Gasteiger partial charge in [0.05, 0.1) is 4.92 Å². The molecule has 0 aromatic heterocycles. The molecule has 7 heteroatoms. The molecule has 22 heavy (non-hydrogen) atoms. The molecule has 2 aliphatic rings. The molecule has 0 spiro atoms. The van der Waals surface area contributed by atoms with Crippen molar-refractivity contribution in [3.05, 3.63) is 39.9 Å². The summed E-state index contributed by atoms with van der Waals surface area (Å²) >= 11 is 0. The number of carbonyl (C=O) groups excluding carboxylic acids is 2. The van der Waals surface area contributed by atoms with Crippen molar-refractivity contribution in [1.82, 2.24) is 9.80 Å². The Labute approximate surface area is 127 Å². The Hall–Kier alpha value is -2.44.